The van der Waals surface area contributed by atoms with Crippen LogP contribution in [0.4, 0.5) is 0 Å². The van der Waals surface area contributed by atoms with Crippen LogP contribution in [0.5, 0.6) is 17.2 Å². The normalized spacial score (nSPS) is 13.2. The summed E-state index contributed by atoms with van der Waals surface area (Å²) in [5.41, 5.74) is 4.01. The monoisotopic (exact) mass is 409 g/mol. The lowest BCUT2D eigenvalue weighted by Crippen LogP contribution is -2.33. The molecule has 1 aromatic heterocycles. The fraction of sp³-hybridized carbons (Fsp3) is 0.261. The summed E-state index contributed by atoms with van der Waals surface area (Å²) >= 11 is 1.61. The summed E-state index contributed by atoms with van der Waals surface area (Å²) < 4.78 is 16.9. The fourth-order valence-electron chi connectivity index (χ4n) is 3.50. The van der Waals surface area contributed by atoms with Gasteiger partial charge in [-0.25, -0.2) is 0 Å². The van der Waals surface area contributed by atoms with Crippen molar-refractivity contribution < 1.29 is 19.0 Å². The third kappa shape index (κ3) is 4.22. The summed E-state index contributed by atoms with van der Waals surface area (Å²) in [5.74, 6) is 2.28. The molecule has 150 valence electrons. The Morgan fingerprint density at radius 2 is 2.03 bits per heavy atom. The van der Waals surface area contributed by atoms with E-state index in [1.54, 1.807) is 25.6 Å². The third-order valence-electron chi connectivity index (χ3n) is 5.01. The van der Waals surface area contributed by atoms with E-state index < -0.39 is 0 Å². The number of rotatable bonds is 5. The Morgan fingerprint density at radius 3 is 2.79 bits per heavy atom. The lowest BCUT2D eigenvalue weighted by atomic mass is 10.0. The Bertz CT molecular complexity index is 1000. The van der Waals surface area contributed by atoms with Crippen LogP contribution < -0.4 is 14.2 Å². The highest BCUT2D eigenvalue weighted by molar-refractivity contribution is 7.08. The first kappa shape index (κ1) is 19.3. The molecule has 0 N–H and O–H groups in total. The van der Waals surface area contributed by atoms with E-state index >= 15 is 0 Å². The molecule has 4 rings (SSSR count). The number of hydrogen-bond donors (Lipinski definition) is 0. The maximum atomic E-state index is 12.8. The molecule has 1 amide bonds. The molecule has 0 unspecified atom stereocenters. The maximum absolute atomic E-state index is 12.8. The number of nitrogens with zero attached hydrogens (tertiary/aromatic N) is 1. The highest BCUT2D eigenvalue weighted by Gasteiger charge is 2.23. The van der Waals surface area contributed by atoms with Crippen LogP contribution in [-0.2, 0) is 17.8 Å². The molecule has 3 aromatic rings. The van der Waals surface area contributed by atoms with E-state index in [0.29, 0.717) is 37.6 Å². The molecular weight excluding hydrogens is 386 g/mol. The summed E-state index contributed by atoms with van der Waals surface area (Å²) in [6.07, 6.45) is 0.408. The van der Waals surface area contributed by atoms with Crippen molar-refractivity contribution in [2.24, 2.45) is 0 Å². The number of carbonyl (C=O) groups excluding carboxylic acids is 1. The van der Waals surface area contributed by atoms with Gasteiger partial charge in [-0.05, 0) is 57.8 Å². The molecule has 0 spiro atoms. The van der Waals surface area contributed by atoms with Gasteiger partial charge in [0.2, 0.25) is 5.91 Å². The van der Waals surface area contributed by atoms with Crippen LogP contribution in [0, 0.1) is 0 Å². The Labute approximate surface area is 174 Å². The van der Waals surface area contributed by atoms with Crippen molar-refractivity contribution in [1.29, 1.82) is 0 Å². The van der Waals surface area contributed by atoms with Crippen molar-refractivity contribution in [1.82, 2.24) is 4.90 Å². The SMILES string of the molecule is COc1cccc(-c2cc3c(c(OC)c2)OCCN(C(=O)Cc2ccsc2)C3)c1. The zero-order valence-corrected chi connectivity index (χ0v) is 17.3. The number of methoxy groups -OCH3 is 2. The number of hydrogen-bond acceptors (Lipinski definition) is 5. The van der Waals surface area contributed by atoms with Crippen LogP contribution in [0.15, 0.2) is 53.2 Å². The van der Waals surface area contributed by atoms with Gasteiger partial charge in [0, 0.05) is 12.1 Å². The number of ether oxygens (including phenoxy) is 3. The number of benzene rings is 2. The first-order valence-electron chi connectivity index (χ1n) is 9.45. The van der Waals surface area contributed by atoms with Gasteiger partial charge in [-0.3, -0.25) is 4.79 Å². The number of fused-ring (bicyclic) bond motifs is 1. The summed E-state index contributed by atoms with van der Waals surface area (Å²) in [7, 11) is 3.29. The van der Waals surface area contributed by atoms with Gasteiger partial charge in [0.25, 0.3) is 0 Å². The standard InChI is InChI=1S/C23H23NO4S/c1-26-20-5-3-4-17(12-20)18-11-19-14-24(22(25)10-16-6-9-29-15-16)7-8-28-23(19)21(13-18)27-2/h3-6,9,11-13,15H,7-8,10,14H2,1-2H3. The molecule has 0 aliphatic carbocycles. The smallest absolute Gasteiger partial charge is 0.227 e. The first-order valence-corrected chi connectivity index (χ1v) is 10.4. The predicted octanol–water partition coefficient (Wildman–Crippen LogP) is 4.40. The minimum atomic E-state index is 0.102. The van der Waals surface area contributed by atoms with Gasteiger partial charge in [0.05, 0.1) is 27.2 Å². The second-order valence-corrected chi connectivity index (χ2v) is 7.65. The van der Waals surface area contributed by atoms with Crippen molar-refractivity contribution in [3.05, 3.63) is 64.4 Å². The molecule has 1 aliphatic rings. The van der Waals surface area contributed by atoms with Crippen molar-refractivity contribution in [2.75, 3.05) is 27.4 Å². The predicted molar refractivity (Wildman–Crippen MR) is 114 cm³/mol. The van der Waals surface area contributed by atoms with Gasteiger partial charge in [-0.15, -0.1) is 0 Å². The second-order valence-electron chi connectivity index (χ2n) is 6.87. The van der Waals surface area contributed by atoms with E-state index in [9.17, 15) is 4.79 Å². The fourth-order valence-corrected chi connectivity index (χ4v) is 4.17. The van der Waals surface area contributed by atoms with Gasteiger partial charge in [-0.2, -0.15) is 11.3 Å². The van der Waals surface area contributed by atoms with Crippen LogP contribution in [-0.4, -0.2) is 38.2 Å². The minimum absolute atomic E-state index is 0.102. The van der Waals surface area contributed by atoms with E-state index in [1.807, 2.05) is 52.1 Å². The quantitative estimate of drug-likeness (QED) is 0.627. The van der Waals surface area contributed by atoms with Crippen molar-refractivity contribution in [2.45, 2.75) is 13.0 Å². The van der Waals surface area contributed by atoms with Crippen LogP contribution in [0.1, 0.15) is 11.1 Å². The zero-order chi connectivity index (χ0) is 20.2. The van der Waals surface area contributed by atoms with E-state index in [4.69, 9.17) is 14.2 Å². The largest absolute Gasteiger partial charge is 0.497 e. The summed E-state index contributed by atoms with van der Waals surface area (Å²) in [6.45, 7) is 1.49. The van der Waals surface area contributed by atoms with Crippen LogP contribution in [0.2, 0.25) is 0 Å². The van der Waals surface area contributed by atoms with Crippen LogP contribution in [0.3, 0.4) is 0 Å². The molecule has 5 nitrogen and oxygen atoms in total. The number of carbonyl (C=O) groups is 1. The zero-order valence-electron chi connectivity index (χ0n) is 16.5. The van der Waals surface area contributed by atoms with Gasteiger partial charge in [0.1, 0.15) is 12.4 Å². The minimum Gasteiger partial charge on any atom is -0.497 e. The summed E-state index contributed by atoms with van der Waals surface area (Å²) in [6, 6.07) is 13.9. The molecule has 29 heavy (non-hydrogen) atoms. The molecule has 0 saturated heterocycles. The van der Waals surface area contributed by atoms with Crippen LogP contribution >= 0.6 is 11.3 Å². The maximum Gasteiger partial charge on any atom is 0.227 e. The van der Waals surface area contributed by atoms with Gasteiger partial charge >= 0.3 is 0 Å². The lowest BCUT2D eigenvalue weighted by Gasteiger charge is -2.20. The third-order valence-corrected chi connectivity index (χ3v) is 5.74. The van der Waals surface area contributed by atoms with E-state index in [0.717, 1.165) is 28.0 Å². The van der Waals surface area contributed by atoms with Crippen molar-refractivity contribution in [3.8, 4) is 28.4 Å². The van der Waals surface area contributed by atoms with Gasteiger partial charge in [0.15, 0.2) is 11.5 Å². The molecule has 0 saturated carbocycles. The molecule has 6 heteroatoms. The molecular formula is C23H23NO4S. The highest BCUT2D eigenvalue weighted by Crippen LogP contribution is 2.39. The Balaban J connectivity index is 1.66. The van der Waals surface area contributed by atoms with E-state index in [1.165, 1.54) is 0 Å². The average Bonchev–Trinajstić information content (AvgIpc) is 3.16. The Morgan fingerprint density at radius 1 is 1.14 bits per heavy atom. The summed E-state index contributed by atoms with van der Waals surface area (Å²) in [4.78, 5) is 14.7. The highest BCUT2D eigenvalue weighted by atomic mass is 32.1. The molecule has 1 aliphatic heterocycles. The molecule has 0 atom stereocenters. The molecule has 2 heterocycles. The van der Waals surface area contributed by atoms with E-state index in [-0.39, 0.29) is 5.91 Å². The molecule has 2 aromatic carbocycles. The summed E-state index contributed by atoms with van der Waals surface area (Å²) in [5, 5.41) is 4.01. The van der Waals surface area contributed by atoms with Gasteiger partial charge < -0.3 is 19.1 Å². The van der Waals surface area contributed by atoms with Crippen molar-refractivity contribution >= 4 is 17.2 Å². The van der Waals surface area contributed by atoms with Crippen molar-refractivity contribution in [3.63, 3.8) is 0 Å². The van der Waals surface area contributed by atoms with Gasteiger partial charge in [-0.1, -0.05) is 12.1 Å². The Kier molecular flexibility index (Phi) is 5.71. The van der Waals surface area contributed by atoms with Crippen LogP contribution in [0.25, 0.3) is 11.1 Å². The average molecular weight is 410 g/mol. The molecule has 0 bridgehead atoms. The number of thiophene rings is 1. The lowest BCUT2D eigenvalue weighted by molar-refractivity contribution is -0.131. The molecule has 0 radical (unpaired) electrons. The van der Waals surface area contributed by atoms with E-state index in [2.05, 4.69) is 6.07 Å². The second kappa shape index (κ2) is 8.57. The topological polar surface area (TPSA) is 48.0 Å². The first-order chi connectivity index (χ1) is 14.2. The number of amides is 1. The molecule has 0 fully saturated rings. The Hall–Kier alpha value is -2.99.